The molecule has 3 heterocycles. The molecule has 0 atom stereocenters. The van der Waals surface area contributed by atoms with E-state index in [0.717, 1.165) is 39.1 Å². The topological polar surface area (TPSA) is 97.7 Å². The lowest BCUT2D eigenvalue weighted by atomic mass is 10.1. The van der Waals surface area contributed by atoms with Crippen LogP contribution in [-0.2, 0) is 18.3 Å². The smallest absolute Gasteiger partial charge is 0.407 e. The van der Waals surface area contributed by atoms with Crippen LogP contribution in [0.15, 0.2) is 49.1 Å². The monoisotopic (exact) mass is 404 g/mol. The number of carbonyl (C=O) groups is 1. The number of nitrogens with zero attached hydrogens (tertiary/aromatic N) is 4. The van der Waals surface area contributed by atoms with E-state index in [2.05, 4.69) is 25.4 Å². The lowest BCUT2D eigenvalue weighted by Gasteiger charge is -2.19. The molecule has 0 fully saturated rings. The summed E-state index contributed by atoms with van der Waals surface area (Å²) in [4.78, 5) is 24.0. The molecule has 0 bridgehead atoms. The Bertz CT molecular complexity index is 1180. The molecule has 0 aliphatic heterocycles. The van der Waals surface area contributed by atoms with E-state index in [4.69, 9.17) is 4.74 Å². The summed E-state index contributed by atoms with van der Waals surface area (Å²) in [6.45, 7) is 5.91. The van der Waals surface area contributed by atoms with Crippen molar-refractivity contribution in [3.8, 4) is 22.5 Å². The summed E-state index contributed by atoms with van der Waals surface area (Å²) in [6.07, 6.45) is 4.88. The van der Waals surface area contributed by atoms with Gasteiger partial charge in [-0.25, -0.2) is 14.8 Å². The number of carbonyl (C=O) groups excluding carboxylic acids is 1. The van der Waals surface area contributed by atoms with E-state index in [-0.39, 0.29) is 0 Å². The first-order valence-corrected chi connectivity index (χ1v) is 9.67. The van der Waals surface area contributed by atoms with Gasteiger partial charge in [0, 0.05) is 36.3 Å². The molecule has 3 aromatic heterocycles. The highest BCUT2D eigenvalue weighted by molar-refractivity contribution is 5.94. The van der Waals surface area contributed by atoms with Crippen molar-refractivity contribution in [2.75, 3.05) is 0 Å². The van der Waals surface area contributed by atoms with Crippen molar-refractivity contribution in [3.05, 3.63) is 54.6 Å². The van der Waals surface area contributed by atoms with Gasteiger partial charge >= 0.3 is 6.09 Å². The Labute approximate surface area is 174 Å². The summed E-state index contributed by atoms with van der Waals surface area (Å²) in [5.74, 6) is 0. The molecular weight excluding hydrogens is 380 g/mol. The van der Waals surface area contributed by atoms with Gasteiger partial charge in [0.2, 0.25) is 0 Å². The zero-order valence-electron chi connectivity index (χ0n) is 17.4. The summed E-state index contributed by atoms with van der Waals surface area (Å²) >= 11 is 0. The average Bonchev–Trinajstić information content (AvgIpc) is 3.31. The molecule has 4 rings (SSSR count). The Morgan fingerprint density at radius 1 is 1.17 bits per heavy atom. The Balaban J connectivity index is 1.54. The molecule has 2 N–H and O–H groups in total. The van der Waals surface area contributed by atoms with Crippen molar-refractivity contribution in [2.24, 2.45) is 7.05 Å². The molecule has 1 aromatic carbocycles. The third kappa shape index (κ3) is 4.32. The van der Waals surface area contributed by atoms with E-state index in [0.29, 0.717) is 6.54 Å². The fraction of sp³-hybridized carbons (Fsp3) is 0.273. The second-order valence-electron chi connectivity index (χ2n) is 8.12. The van der Waals surface area contributed by atoms with Crippen molar-refractivity contribution >= 4 is 17.1 Å². The zero-order valence-corrected chi connectivity index (χ0v) is 17.4. The van der Waals surface area contributed by atoms with Crippen LogP contribution in [-0.4, -0.2) is 36.4 Å². The molecule has 0 radical (unpaired) electrons. The van der Waals surface area contributed by atoms with Gasteiger partial charge < -0.3 is 15.0 Å². The second kappa shape index (κ2) is 7.62. The first kappa shape index (κ1) is 19.6. The Morgan fingerprint density at radius 2 is 1.93 bits per heavy atom. The van der Waals surface area contributed by atoms with Crippen molar-refractivity contribution in [1.29, 1.82) is 0 Å². The van der Waals surface area contributed by atoms with Gasteiger partial charge in [0.1, 0.15) is 17.6 Å². The van der Waals surface area contributed by atoms with E-state index in [9.17, 15) is 4.79 Å². The number of hydrogen-bond donors (Lipinski definition) is 2. The molecule has 0 aliphatic rings. The molecule has 0 aliphatic carbocycles. The van der Waals surface area contributed by atoms with Gasteiger partial charge in [-0.2, -0.15) is 5.10 Å². The predicted octanol–water partition coefficient (Wildman–Crippen LogP) is 4.05. The number of H-pyrrole nitrogens is 1. The number of rotatable bonds is 4. The molecule has 8 nitrogen and oxygen atoms in total. The highest BCUT2D eigenvalue weighted by Crippen LogP contribution is 2.29. The van der Waals surface area contributed by atoms with E-state index in [1.807, 2.05) is 70.5 Å². The molecule has 0 saturated carbocycles. The highest BCUT2D eigenvalue weighted by atomic mass is 16.6. The van der Waals surface area contributed by atoms with Crippen molar-refractivity contribution < 1.29 is 9.53 Å². The maximum Gasteiger partial charge on any atom is 0.407 e. The molecule has 8 heteroatoms. The van der Waals surface area contributed by atoms with Crippen LogP contribution in [0.5, 0.6) is 0 Å². The van der Waals surface area contributed by atoms with Gasteiger partial charge in [0.15, 0.2) is 0 Å². The third-order valence-corrected chi connectivity index (χ3v) is 4.50. The van der Waals surface area contributed by atoms with Gasteiger partial charge in [-0.05, 0) is 32.4 Å². The minimum absolute atomic E-state index is 0.393. The first-order chi connectivity index (χ1) is 14.3. The Kier molecular flexibility index (Phi) is 4.99. The minimum atomic E-state index is -0.516. The third-order valence-electron chi connectivity index (χ3n) is 4.50. The number of hydrogen-bond acceptors (Lipinski definition) is 5. The molecule has 30 heavy (non-hydrogen) atoms. The van der Waals surface area contributed by atoms with E-state index >= 15 is 0 Å². The maximum absolute atomic E-state index is 11.8. The molecule has 154 valence electrons. The van der Waals surface area contributed by atoms with Crippen LogP contribution in [0.4, 0.5) is 4.79 Å². The number of aryl methyl sites for hydroxylation is 1. The van der Waals surface area contributed by atoms with Gasteiger partial charge in [0.05, 0.1) is 17.6 Å². The van der Waals surface area contributed by atoms with Crippen LogP contribution in [0.3, 0.4) is 0 Å². The summed E-state index contributed by atoms with van der Waals surface area (Å²) in [7, 11) is 1.89. The van der Waals surface area contributed by atoms with Gasteiger partial charge in [-0.1, -0.05) is 24.3 Å². The molecule has 4 aromatic rings. The maximum atomic E-state index is 11.8. The van der Waals surface area contributed by atoms with Crippen molar-refractivity contribution in [1.82, 2.24) is 30.0 Å². The van der Waals surface area contributed by atoms with Crippen molar-refractivity contribution in [3.63, 3.8) is 0 Å². The van der Waals surface area contributed by atoms with Gasteiger partial charge in [0.25, 0.3) is 0 Å². The first-order valence-electron chi connectivity index (χ1n) is 9.67. The second-order valence-corrected chi connectivity index (χ2v) is 8.12. The van der Waals surface area contributed by atoms with Crippen LogP contribution >= 0.6 is 0 Å². The summed E-state index contributed by atoms with van der Waals surface area (Å²) in [5, 5.41) is 7.93. The number of ether oxygens (including phenoxy) is 1. The Hall–Kier alpha value is -3.68. The minimum Gasteiger partial charge on any atom is -0.444 e. The highest BCUT2D eigenvalue weighted by Gasteiger charge is 2.16. The normalized spacial score (nSPS) is 11.6. The summed E-state index contributed by atoms with van der Waals surface area (Å²) in [6, 6.07) is 9.96. The number of nitrogens with one attached hydrogen (secondary N) is 2. The fourth-order valence-electron chi connectivity index (χ4n) is 3.15. The number of benzene rings is 1. The van der Waals surface area contributed by atoms with E-state index in [1.54, 1.807) is 11.0 Å². The van der Waals surface area contributed by atoms with Crippen LogP contribution in [0.25, 0.3) is 33.5 Å². The van der Waals surface area contributed by atoms with Crippen LogP contribution in [0, 0.1) is 0 Å². The standard InChI is InChI=1S/C22H24N6O2/c1-22(2,3)30-21(29)23-10-14-5-7-15(8-6-14)19-17-9-18(16-11-26-28(4)12-16)27-20(17)25-13-24-19/h5-9,11-13H,10H2,1-4H3,(H,23,29)(H,24,25,27). The van der Waals surface area contributed by atoms with Gasteiger partial charge in [-0.15, -0.1) is 0 Å². The number of fused-ring (bicyclic) bond motifs is 1. The fourth-order valence-corrected chi connectivity index (χ4v) is 3.15. The average molecular weight is 404 g/mol. The van der Waals surface area contributed by atoms with E-state index < -0.39 is 11.7 Å². The predicted molar refractivity (Wildman–Crippen MR) is 115 cm³/mol. The lowest BCUT2D eigenvalue weighted by Crippen LogP contribution is -2.32. The van der Waals surface area contributed by atoms with E-state index in [1.165, 1.54) is 0 Å². The molecular formula is C22H24N6O2. The number of aromatic amines is 1. The number of amides is 1. The van der Waals surface area contributed by atoms with Crippen LogP contribution in [0.2, 0.25) is 0 Å². The Morgan fingerprint density at radius 3 is 2.60 bits per heavy atom. The number of alkyl carbamates (subject to hydrolysis) is 1. The quantitative estimate of drug-likeness (QED) is 0.535. The summed E-state index contributed by atoms with van der Waals surface area (Å²) < 4.78 is 7.03. The lowest BCUT2D eigenvalue weighted by molar-refractivity contribution is 0.0523. The number of aromatic nitrogens is 5. The zero-order chi connectivity index (χ0) is 21.3. The molecule has 1 amide bonds. The van der Waals surface area contributed by atoms with Gasteiger partial charge in [-0.3, -0.25) is 4.68 Å². The molecule has 0 spiro atoms. The summed E-state index contributed by atoms with van der Waals surface area (Å²) in [5.41, 5.74) is 4.98. The SMILES string of the molecule is Cn1cc(-c2cc3c(-c4ccc(CNC(=O)OC(C)(C)C)cc4)ncnc3[nH]2)cn1. The van der Waals surface area contributed by atoms with Crippen LogP contribution in [0.1, 0.15) is 26.3 Å². The largest absolute Gasteiger partial charge is 0.444 e. The van der Waals surface area contributed by atoms with Crippen molar-refractivity contribution in [2.45, 2.75) is 32.9 Å². The van der Waals surface area contributed by atoms with Crippen LogP contribution < -0.4 is 5.32 Å². The molecule has 0 saturated heterocycles. The molecule has 0 unspecified atom stereocenters.